The third-order valence-corrected chi connectivity index (χ3v) is 5.20. The van der Waals surface area contributed by atoms with Gasteiger partial charge in [-0.3, -0.25) is 9.59 Å². The number of para-hydroxylation sites is 1. The van der Waals surface area contributed by atoms with Crippen molar-refractivity contribution >= 4 is 33.4 Å². The number of amides is 1. The van der Waals surface area contributed by atoms with Gasteiger partial charge in [-0.1, -0.05) is 36.4 Å². The summed E-state index contributed by atoms with van der Waals surface area (Å²) in [7, 11) is 0. The van der Waals surface area contributed by atoms with E-state index in [9.17, 15) is 9.59 Å². The van der Waals surface area contributed by atoms with E-state index >= 15 is 0 Å². The summed E-state index contributed by atoms with van der Waals surface area (Å²) < 4.78 is 3.08. The highest BCUT2D eigenvalue weighted by Gasteiger charge is 2.18. The minimum absolute atomic E-state index is 0.155. The third-order valence-electron chi connectivity index (χ3n) is 5.20. The fourth-order valence-electron chi connectivity index (χ4n) is 3.68. The Bertz CT molecular complexity index is 1520. The van der Waals surface area contributed by atoms with Crippen LogP contribution in [0.15, 0.2) is 77.9 Å². The lowest BCUT2D eigenvalue weighted by Gasteiger charge is -2.11. The van der Waals surface area contributed by atoms with Crippen LogP contribution >= 0.6 is 0 Å². The highest BCUT2D eigenvalue weighted by Crippen LogP contribution is 2.21. The molecule has 158 valence electrons. The molecule has 3 aromatic heterocycles. The van der Waals surface area contributed by atoms with Crippen LogP contribution in [0.5, 0.6) is 0 Å². The third kappa shape index (κ3) is 3.31. The molecule has 2 aromatic carbocycles. The van der Waals surface area contributed by atoms with Crippen LogP contribution in [0.25, 0.3) is 27.5 Å². The molecule has 0 fully saturated rings. The van der Waals surface area contributed by atoms with Crippen LogP contribution in [0, 0.1) is 0 Å². The average molecular weight is 424 g/mol. The zero-order valence-electron chi connectivity index (χ0n) is 17.6. The maximum atomic E-state index is 13.2. The van der Waals surface area contributed by atoms with E-state index in [2.05, 4.69) is 20.5 Å². The summed E-state index contributed by atoms with van der Waals surface area (Å²) in [6, 6.07) is 18.0. The van der Waals surface area contributed by atoms with Crippen molar-refractivity contribution in [1.29, 1.82) is 0 Å². The number of benzene rings is 2. The largest absolute Gasteiger partial charge is 0.319 e. The molecule has 0 aliphatic rings. The molecule has 1 amide bonds. The molecule has 5 aromatic rings. The van der Waals surface area contributed by atoms with E-state index in [1.54, 1.807) is 48.8 Å². The number of pyridine rings is 1. The summed E-state index contributed by atoms with van der Waals surface area (Å²) in [5.41, 5.74) is 1.73. The van der Waals surface area contributed by atoms with Crippen LogP contribution in [0.4, 0.5) is 5.69 Å². The maximum absolute atomic E-state index is 13.2. The van der Waals surface area contributed by atoms with Crippen LogP contribution in [0.1, 0.15) is 30.4 Å². The summed E-state index contributed by atoms with van der Waals surface area (Å²) in [4.78, 5) is 30.7. The van der Waals surface area contributed by atoms with E-state index in [-0.39, 0.29) is 17.3 Å². The number of carbonyl (C=O) groups excluding carboxylic acids is 1. The van der Waals surface area contributed by atoms with Crippen molar-refractivity contribution in [3.05, 3.63) is 89.1 Å². The molecule has 5 rings (SSSR count). The monoisotopic (exact) mass is 424 g/mol. The van der Waals surface area contributed by atoms with Crippen LogP contribution < -0.4 is 10.9 Å². The first-order valence-corrected chi connectivity index (χ1v) is 10.2. The van der Waals surface area contributed by atoms with Crippen molar-refractivity contribution in [3.63, 3.8) is 0 Å². The fourth-order valence-corrected chi connectivity index (χ4v) is 3.68. The second kappa shape index (κ2) is 7.73. The number of aromatic nitrogens is 5. The predicted molar refractivity (Wildman–Crippen MR) is 123 cm³/mol. The van der Waals surface area contributed by atoms with Crippen LogP contribution in [0.3, 0.4) is 0 Å². The Labute approximate surface area is 183 Å². The molecule has 0 aliphatic heterocycles. The van der Waals surface area contributed by atoms with Crippen LogP contribution in [0.2, 0.25) is 0 Å². The van der Waals surface area contributed by atoms with E-state index in [0.29, 0.717) is 22.1 Å². The Morgan fingerprint density at radius 2 is 1.69 bits per heavy atom. The molecule has 0 radical (unpaired) electrons. The number of nitrogens with one attached hydrogen (secondary N) is 1. The molecular weight excluding hydrogens is 404 g/mol. The smallest absolute Gasteiger partial charge is 0.279 e. The lowest BCUT2D eigenvalue weighted by atomic mass is 10.1. The van der Waals surface area contributed by atoms with E-state index in [0.717, 1.165) is 11.0 Å². The minimum Gasteiger partial charge on any atom is -0.319 e. The quantitative estimate of drug-likeness (QED) is 0.471. The molecule has 0 unspecified atom stereocenters. The second-order valence-electron chi connectivity index (χ2n) is 7.72. The highest BCUT2D eigenvalue weighted by atomic mass is 16.2. The first kappa shape index (κ1) is 19.6. The van der Waals surface area contributed by atoms with Crippen molar-refractivity contribution in [1.82, 2.24) is 24.5 Å². The van der Waals surface area contributed by atoms with Gasteiger partial charge in [0.2, 0.25) is 0 Å². The predicted octanol–water partition coefficient (Wildman–Crippen LogP) is 3.96. The molecule has 3 heterocycles. The normalized spacial score (nSPS) is 11.3. The number of carbonyl (C=O) groups is 1. The molecule has 0 bridgehead atoms. The van der Waals surface area contributed by atoms with Gasteiger partial charge in [-0.2, -0.15) is 14.9 Å². The molecule has 8 nitrogen and oxygen atoms in total. The van der Waals surface area contributed by atoms with Gasteiger partial charge in [0.25, 0.3) is 11.5 Å². The van der Waals surface area contributed by atoms with E-state index in [1.165, 1.54) is 4.68 Å². The molecule has 0 saturated heterocycles. The maximum Gasteiger partial charge on any atom is 0.279 e. The summed E-state index contributed by atoms with van der Waals surface area (Å²) in [6.45, 7) is 4.06. The summed E-state index contributed by atoms with van der Waals surface area (Å²) >= 11 is 0. The molecule has 8 heteroatoms. The molecular formula is C24H20N6O2. The van der Waals surface area contributed by atoms with Crippen LogP contribution in [-0.2, 0) is 0 Å². The van der Waals surface area contributed by atoms with Gasteiger partial charge < -0.3 is 5.32 Å². The minimum atomic E-state index is -0.428. The van der Waals surface area contributed by atoms with Crippen molar-refractivity contribution in [2.75, 3.05) is 5.32 Å². The average Bonchev–Trinajstić information content (AvgIpc) is 3.23. The van der Waals surface area contributed by atoms with Gasteiger partial charge in [0, 0.05) is 16.8 Å². The Morgan fingerprint density at radius 1 is 0.969 bits per heavy atom. The van der Waals surface area contributed by atoms with Gasteiger partial charge in [-0.15, -0.1) is 0 Å². The van der Waals surface area contributed by atoms with Gasteiger partial charge in [-0.05, 0) is 38.1 Å². The highest BCUT2D eigenvalue weighted by molar-refractivity contribution is 6.11. The molecule has 0 saturated carbocycles. The first-order valence-electron chi connectivity index (χ1n) is 10.2. The van der Waals surface area contributed by atoms with Gasteiger partial charge in [0.1, 0.15) is 0 Å². The molecule has 0 atom stereocenters. The zero-order valence-corrected chi connectivity index (χ0v) is 17.6. The lowest BCUT2D eigenvalue weighted by molar-refractivity contribution is 0.102. The van der Waals surface area contributed by atoms with Gasteiger partial charge >= 0.3 is 0 Å². The first-order chi connectivity index (χ1) is 15.5. The van der Waals surface area contributed by atoms with E-state index in [4.69, 9.17) is 0 Å². The number of hydrogen-bond acceptors (Lipinski definition) is 5. The van der Waals surface area contributed by atoms with Crippen LogP contribution in [-0.4, -0.2) is 30.5 Å². The van der Waals surface area contributed by atoms with Crippen molar-refractivity contribution in [2.24, 2.45) is 0 Å². The molecule has 0 aliphatic carbocycles. The van der Waals surface area contributed by atoms with E-state index < -0.39 is 5.91 Å². The summed E-state index contributed by atoms with van der Waals surface area (Å²) in [5.74, 6) is -0.428. The standard InChI is InChI=1S/C24H20N6O2/c1-15(2)29-22-16(13-26-29)12-17(14-25-22)27-23(31)21-19-10-6-7-11-20(19)24(32)30(28-21)18-8-4-3-5-9-18/h3-15H,1-2H3,(H,27,31). The zero-order chi connectivity index (χ0) is 22.2. The Balaban J connectivity index is 1.58. The Morgan fingerprint density at radius 3 is 2.44 bits per heavy atom. The number of hydrogen-bond donors (Lipinski definition) is 1. The SMILES string of the molecule is CC(C)n1ncc2cc(NC(=O)c3nn(-c4ccccc4)c(=O)c4ccccc34)cnc21. The van der Waals surface area contributed by atoms with Crippen molar-refractivity contribution in [3.8, 4) is 5.69 Å². The summed E-state index contributed by atoms with van der Waals surface area (Å²) in [6.07, 6.45) is 3.32. The van der Waals surface area contributed by atoms with Gasteiger partial charge in [0.05, 0.1) is 29.2 Å². The lowest BCUT2D eigenvalue weighted by Crippen LogP contribution is -2.26. The number of nitrogens with zero attached hydrogens (tertiary/aromatic N) is 5. The molecule has 32 heavy (non-hydrogen) atoms. The molecule has 1 N–H and O–H groups in total. The molecule has 0 spiro atoms. The topological polar surface area (TPSA) is 94.7 Å². The number of rotatable bonds is 4. The van der Waals surface area contributed by atoms with Crippen molar-refractivity contribution < 1.29 is 4.79 Å². The summed E-state index contributed by atoms with van der Waals surface area (Å²) in [5, 5.41) is 13.4. The Kier molecular flexibility index (Phi) is 4.74. The number of anilines is 1. The van der Waals surface area contributed by atoms with Gasteiger partial charge in [-0.25, -0.2) is 9.67 Å². The second-order valence-corrected chi connectivity index (χ2v) is 7.72. The van der Waals surface area contributed by atoms with E-state index in [1.807, 2.05) is 42.8 Å². The number of fused-ring (bicyclic) bond motifs is 2. The Hall–Kier alpha value is -4.33. The van der Waals surface area contributed by atoms with Gasteiger partial charge in [0.15, 0.2) is 11.3 Å². The van der Waals surface area contributed by atoms with Crippen molar-refractivity contribution in [2.45, 2.75) is 19.9 Å². The fraction of sp³-hybridized carbons (Fsp3) is 0.125.